The van der Waals surface area contributed by atoms with E-state index in [1.54, 1.807) is 0 Å². The Labute approximate surface area is 153 Å². The van der Waals surface area contributed by atoms with Crippen LogP contribution in [0.4, 0.5) is 13.2 Å². The SMILES string of the molecule is Cc1ccc(Cc2nnc(/C=C/c3cccc(C(F)(F)F)c3Cl)o2)cc1. The third-order valence-electron chi connectivity index (χ3n) is 3.70. The normalized spacial score (nSPS) is 12.0. The van der Waals surface area contributed by atoms with Crippen LogP contribution in [-0.2, 0) is 12.6 Å². The van der Waals surface area contributed by atoms with Crippen LogP contribution in [-0.4, -0.2) is 10.2 Å². The molecule has 26 heavy (non-hydrogen) atoms. The van der Waals surface area contributed by atoms with Crippen LogP contribution in [0.3, 0.4) is 0 Å². The zero-order valence-corrected chi connectivity index (χ0v) is 14.5. The van der Waals surface area contributed by atoms with Gasteiger partial charge in [0.2, 0.25) is 11.8 Å². The second kappa shape index (κ2) is 7.33. The zero-order chi connectivity index (χ0) is 18.7. The molecular weight excluding hydrogens is 365 g/mol. The number of nitrogens with zero attached hydrogens (tertiary/aromatic N) is 2. The molecule has 0 amide bonds. The molecule has 134 valence electrons. The van der Waals surface area contributed by atoms with Crippen molar-refractivity contribution in [3.8, 4) is 0 Å². The molecule has 1 heterocycles. The van der Waals surface area contributed by atoms with Crippen LogP contribution in [0.2, 0.25) is 5.02 Å². The predicted molar refractivity (Wildman–Crippen MR) is 93.7 cm³/mol. The molecule has 0 N–H and O–H groups in total. The summed E-state index contributed by atoms with van der Waals surface area (Å²) in [5.41, 5.74) is 1.52. The Hall–Kier alpha value is -2.60. The van der Waals surface area contributed by atoms with Crippen molar-refractivity contribution in [1.29, 1.82) is 0 Å². The summed E-state index contributed by atoms with van der Waals surface area (Å²) >= 11 is 5.85. The summed E-state index contributed by atoms with van der Waals surface area (Å²) in [7, 11) is 0. The van der Waals surface area contributed by atoms with E-state index in [4.69, 9.17) is 16.0 Å². The second-order valence-corrected chi connectivity index (χ2v) is 6.11. The molecule has 1 aromatic heterocycles. The summed E-state index contributed by atoms with van der Waals surface area (Å²) in [6.07, 6.45) is -1.17. The van der Waals surface area contributed by atoms with Gasteiger partial charge in [-0.15, -0.1) is 10.2 Å². The van der Waals surface area contributed by atoms with Gasteiger partial charge in [0, 0.05) is 6.08 Å². The molecule has 3 nitrogen and oxygen atoms in total. The van der Waals surface area contributed by atoms with E-state index in [1.165, 1.54) is 24.3 Å². The Morgan fingerprint density at radius 3 is 2.46 bits per heavy atom. The summed E-state index contributed by atoms with van der Waals surface area (Å²) in [6, 6.07) is 11.6. The van der Waals surface area contributed by atoms with E-state index < -0.39 is 11.7 Å². The van der Waals surface area contributed by atoms with Crippen LogP contribution in [0.1, 0.15) is 34.0 Å². The Morgan fingerprint density at radius 1 is 1.04 bits per heavy atom. The summed E-state index contributed by atoms with van der Waals surface area (Å²) in [5.74, 6) is 0.615. The summed E-state index contributed by atoms with van der Waals surface area (Å²) in [4.78, 5) is 0. The monoisotopic (exact) mass is 378 g/mol. The number of rotatable bonds is 4. The summed E-state index contributed by atoms with van der Waals surface area (Å²) < 4.78 is 44.1. The van der Waals surface area contributed by atoms with E-state index in [9.17, 15) is 13.2 Å². The number of alkyl halides is 3. The molecule has 0 radical (unpaired) electrons. The maximum atomic E-state index is 12.9. The highest BCUT2D eigenvalue weighted by molar-refractivity contribution is 6.33. The molecular formula is C19H14ClF3N2O. The van der Waals surface area contributed by atoms with E-state index in [2.05, 4.69) is 10.2 Å². The molecule has 0 unspecified atom stereocenters. The van der Waals surface area contributed by atoms with Crippen molar-refractivity contribution >= 4 is 23.8 Å². The van der Waals surface area contributed by atoms with Gasteiger partial charge in [-0.3, -0.25) is 0 Å². The average Bonchev–Trinajstić information content (AvgIpc) is 3.02. The molecule has 0 aliphatic carbocycles. The standard InChI is InChI=1S/C19H14ClF3N2O/c1-12-5-7-13(8-6-12)11-17-25-24-16(26-17)10-9-14-3-2-4-15(18(14)20)19(21,22)23/h2-10H,11H2,1H3/b10-9+. The smallest absolute Gasteiger partial charge is 0.417 e. The number of aryl methyl sites for hydroxylation is 1. The molecule has 2 aromatic carbocycles. The van der Waals surface area contributed by atoms with Gasteiger partial charge < -0.3 is 4.42 Å². The van der Waals surface area contributed by atoms with E-state index in [-0.39, 0.29) is 16.5 Å². The lowest BCUT2D eigenvalue weighted by molar-refractivity contribution is -0.137. The molecule has 0 atom stereocenters. The van der Waals surface area contributed by atoms with Crippen molar-refractivity contribution in [3.63, 3.8) is 0 Å². The Kier molecular flexibility index (Phi) is 5.13. The Bertz CT molecular complexity index is 931. The number of aromatic nitrogens is 2. The minimum atomic E-state index is -4.51. The molecule has 7 heteroatoms. The van der Waals surface area contributed by atoms with Crippen LogP contribution in [0.5, 0.6) is 0 Å². The largest absolute Gasteiger partial charge is 0.421 e. The first-order valence-electron chi connectivity index (χ1n) is 7.74. The van der Waals surface area contributed by atoms with Crippen LogP contribution in [0, 0.1) is 6.92 Å². The fourth-order valence-electron chi connectivity index (χ4n) is 2.34. The van der Waals surface area contributed by atoms with Gasteiger partial charge in [0.05, 0.1) is 17.0 Å². The third-order valence-corrected chi connectivity index (χ3v) is 4.12. The number of halogens is 4. The van der Waals surface area contributed by atoms with Crippen molar-refractivity contribution in [3.05, 3.63) is 81.5 Å². The Morgan fingerprint density at radius 2 is 1.77 bits per heavy atom. The quantitative estimate of drug-likeness (QED) is 0.575. The summed E-state index contributed by atoms with van der Waals surface area (Å²) in [6.45, 7) is 2.00. The number of hydrogen-bond acceptors (Lipinski definition) is 3. The van der Waals surface area contributed by atoms with E-state index in [0.29, 0.717) is 12.3 Å². The van der Waals surface area contributed by atoms with Gasteiger partial charge in [0.15, 0.2) is 0 Å². The molecule has 0 saturated carbocycles. The lowest BCUT2D eigenvalue weighted by Gasteiger charge is -2.10. The number of benzene rings is 2. The fourth-order valence-corrected chi connectivity index (χ4v) is 2.64. The van der Waals surface area contributed by atoms with Crippen molar-refractivity contribution in [2.45, 2.75) is 19.5 Å². The molecule has 0 fully saturated rings. The highest BCUT2D eigenvalue weighted by Gasteiger charge is 2.33. The lowest BCUT2D eigenvalue weighted by atomic mass is 10.1. The zero-order valence-electron chi connectivity index (χ0n) is 13.7. The highest BCUT2D eigenvalue weighted by Crippen LogP contribution is 2.36. The fraction of sp³-hybridized carbons (Fsp3) is 0.158. The van der Waals surface area contributed by atoms with E-state index in [1.807, 2.05) is 31.2 Å². The molecule has 0 bridgehead atoms. The van der Waals surface area contributed by atoms with Gasteiger partial charge >= 0.3 is 6.18 Å². The van der Waals surface area contributed by atoms with Crippen molar-refractivity contribution in [2.75, 3.05) is 0 Å². The molecule has 0 saturated heterocycles. The van der Waals surface area contributed by atoms with Gasteiger partial charge in [-0.2, -0.15) is 13.2 Å². The topological polar surface area (TPSA) is 38.9 Å². The van der Waals surface area contributed by atoms with Gasteiger partial charge in [-0.25, -0.2) is 0 Å². The molecule has 0 spiro atoms. The van der Waals surface area contributed by atoms with E-state index >= 15 is 0 Å². The van der Waals surface area contributed by atoms with Crippen LogP contribution < -0.4 is 0 Å². The van der Waals surface area contributed by atoms with Crippen molar-refractivity contribution < 1.29 is 17.6 Å². The van der Waals surface area contributed by atoms with Crippen molar-refractivity contribution in [2.24, 2.45) is 0 Å². The van der Waals surface area contributed by atoms with Crippen LogP contribution in [0.25, 0.3) is 12.2 Å². The van der Waals surface area contributed by atoms with Gasteiger partial charge in [0.25, 0.3) is 0 Å². The van der Waals surface area contributed by atoms with Gasteiger partial charge in [0.1, 0.15) is 0 Å². The molecule has 3 aromatic rings. The van der Waals surface area contributed by atoms with Crippen LogP contribution >= 0.6 is 11.6 Å². The lowest BCUT2D eigenvalue weighted by Crippen LogP contribution is -2.06. The van der Waals surface area contributed by atoms with E-state index in [0.717, 1.165) is 17.2 Å². The first-order chi connectivity index (χ1) is 12.3. The van der Waals surface area contributed by atoms with Crippen molar-refractivity contribution in [1.82, 2.24) is 10.2 Å². The minimum Gasteiger partial charge on any atom is -0.421 e. The summed E-state index contributed by atoms with van der Waals surface area (Å²) in [5, 5.41) is 7.46. The highest BCUT2D eigenvalue weighted by atomic mass is 35.5. The van der Waals surface area contributed by atoms with Crippen LogP contribution in [0.15, 0.2) is 46.9 Å². The van der Waals surface area contributed by atoms with Gasteiger partial charge in [-0.05, 0) is 30.2 Å². The maximum absolute atomic E-state index is 12.9. The average molecular weight is 379 g/mol. The second-order valence-electron chi connectivity index (χ2n) is 5.74. The Balaban J connectivity index is 1.76. The number of hydrogen-bond donors (Lipinski definition) is 0. The predicted octanol–water partition coefficient (Wildman–Crippen LogP) is 5.81. The molecule has 0 aliphatic rings. The first kappa shape index (κ1) is 18.2. The molecule has 0 aliphatic heterocycles. The first-order valence-corrected chi connectivity index (χ1v) is 8.12. The minimum absolute atomic E-state index is 0.195. The van der Waals surface area contributed by atoms with Gasteiger partial charge in [-0.1, -0.05) is 53.6 Å². The third kappa shape index (κ3) is 4.32. The maximum Gasteiger partial charge on any atom is 0.417 e. The molecule has 3 rings (SSSR count).